The molecule has 4 saturated carbocycles. The van der Waals surface area contributed by atoms with Gasteiger partial charge in [-0.15, -0.1) is 0 Å². The molecule has 0 spiro atoms. The van der Waals surface area contributed by atoms with E-state index in [1.54, 1.807) is 0 Å². The molecule has 0 amide bonds. The molecule has 0 heterocycles. The standard InChI is InChI=1S/C11H17NO3S/c12-16(14,15)6-11-3-7-1-8(4-11)10(13)9(2-7)5-11/h7-9H,1-6H2,(H2,12,14,15). The van der Waals surface area contributed by atoms with Crippen LogP contribution in [0.5, 0.6) is 0 Å². The fraction of sp³-hybridized carbons (Fsp3) is 0.909. The first-order valence-corrected chi connectivity index (χ1v) is 7.63. The molecule has 2 unspecified atom stereocenters. The fourth-order valence-electron chi connectivity index (χ4n) is 4.51. The van der Waals surface area contributed by atoms with Gasteiger partial charge in [0.1, 0.15) is 5.78 Å². The fourth-order valence-corrected chi connectivity index (χ4v) is 5.72. The van der Waals surface area contributed by atoms with E-state index in [0.29, 0.717) is 11.7 Å². The summed E-state index contributed by atoms with van der Waals surface area (Å²) >= 11 is 0. The Kier molecular flexibility index (Phi) is 2.06. The van der Waals surface area contributed by atoms with Crippen LogP contribution in [0.3, 0.4) is 0 Å². The van der Waals surface area contributed by atoms with Crippen LogP contribution in [0.4, 0.5) is 0 Å². The molecule has 4 bridgehead atoms. The summed E-state index contributed by atoms with van der Waals surface area (Å²) in [7, 11) is -3.42. The van der Waals surface area contributed by atoms with E-state index in [0.717, 1.165) is 32.1 Å². The van der Waals surface area contributed by atoms with Crippen molar-refractivity contribution in [1.82, 2.24) is 0 Å². The SMILES string of the molecule is NS(=O)(=O)CC12CC3CC(C1)C(=O)C(C3)C2. The van der Waals surface area contributed by atoms with Gasteiger partial charge in [0.25, 0.3) is 0 Å². The number of nitrogens with two attached hydrogens (primary N) is 1. The predicted octanol–water partition coefficient (Wildman–Crippen LogP) is 0.670. The number of rotatable bonds is 2. The molecule has 0 saturated heterocycles. The van der Waals surface area contributed by atoms with E-state index in [-0.39, 0.29) is 23.0 Å². The lowest BCUT2D eigenvalue weighted by Crippen LogP contribution is -2.54. The normalized spacial score (nSPS) is 46.3. The summed E-state index contributed by atoms with van der Waals surface area (Å²) in [4.78, 5) is 11.9. The number of hydrogen-bond donors (Lipinski definition) is 1. The molecule has 0 aromatic rings. The van der Waals surface area contributed by atoms with Crippen LogP contribution in [0.2, 0.25) is 0 Å². The summed E-state index contributed by atoms with van der Waals surface area (Å²) < 4.78 is 22.6. The van der Waals surface area contributed by atoms with Crippen molar-refractivity contribution in [3.8, 4) is 0 Å². The Bertz CT molecular complexity index is 424. The smallest absolute Gasteiger partial charge is 0.209 e. The number of hydrogen-bond acceptors (Lipinski definition) is 3. The van der Waals surface area contributed by atoms with Gasteiger partial charge in [0.05, 0.1) is 5.75 Å². The zero-order chi connectivity index (χ0) is 11.6. The number of sulfonamides is 1. The molecular formula is C11H17NO3S. The molecule has 4 nitrogen and oxygen atoms in total. The first-order chi connectivity index (χ1) is 7.37. The molecule has 4 aliphatic rings. The van der Waals surface area contributed by atoms with E-state index in [9.17, 15) is 13.2 Å². The second-order valence-electron chi connectivity index (χ2n) is 6.05. The Morgan fingerprint density at radius 2 is 1.75 bits per heavy atom. The maximum atomic E-state index is 11.9. The van der Waals surface area contributed by atoms with Crippen LogP contribution in [-0.4, -0.2) is 20.0 Å². The van der Waals surface area contributed by atoms with Gasteiger partial charge < -0.3 is 0 Å². The third kappa shape index (κ3) is 1.61. The van der Waals surface area contributed by atoms with Crippen LogP contribution in [0.1, 0.15) is 32.1 Å². The van der Waals surface area contributed by atoms with E-state index < -0.39 is 10.0 Å². The van der Waals surface area contributed by atoms with E-state index in [4.69, 9.17) is 5.14 Å². The third-order valence-corrected chi connectivity index (χ3v) is 5.64. The van der Waals surface area contributed by atoms with Gasteiger partial charge in [-0.25, -0.2) is 13.6 Å². The zero-order valence-electron chi connectivity index (χ0n) is 9.19. The van der Waals surface area contributed by atoms with Gasteiger partial charge in [-0.3, -0.25) is 4.79 Å². The molecule has 5 heteroatoms. The quantitative estimate of drug-likeness (QED) is 0.774. The highest BCUT2D eigenvalue weighted by Gasteiger charge is 2.55. The summed E-state index contributed by atoms with van der Waals surface area (Å²) in [6.07, 6.45) is 4.46. The Labute approximate surface area is 95.6 Å². The average molecular weight is 243 g/mol. The summed E-state index contributed by atoms with van der Waals surface area (Å²) in [5.74, 6) is 1.30. The second kappa shape index (κ2) is 3.07. The average Bonchev–Trinajstić information content (AvgIpc) is 2.08. The minimum absolute atomic E-state index is 0.0801. The van der Waals surface area contributed by atoms with Crippen molar-refractivity contribution in [2.45, 2.75) is 32.1 Å². The van der Waals surface area contributed by atoms with Gasteiger partial charge in [-0.2, -0.15) is 0 Å². The van der Waals surface area contributed by atoms with Crippen LogP contribution < -0.4 is 5.14 Å². The highest BCUT2D eigenvalue weighted by Crippen LogP contribution is 2.58. The minimum Gasteiger partial charge on any atom is -0.299 e. The molecule has 16 heavy (non-hydrogen) atoms. The topological polar surface area (TPSA) is 77.2 Å². The van der Waals surface area contributed by atoms with Crippen LogP contribution in [0.15, 0.2) is 0 Å². The van der Waals surface area contributed by atoms with Crippen molar-refractivity contribution in [3.05, 3.63) is 0 Å². The maximum absolute atomic E-state index is 11.9. The molecule has 0 aromatic heterocycles. The van der Waals surface area contributed by atoms with Gasteiger partial charge in [-0.1, -0.05) is 0 Å². The van der Waals surface area contributed by atoms with Gasteiger partial charge in [-0.05, 0) is 43.4 Å². The highest BCUT2D eigenvalue weighted by molar-refractivity contribution is 7.89. The van der Waals surface area contributed by atoms with Crippen molar-refractivity contribution in [1.29, 1.82) is 0 Å². The van der Waals surface area contributed by atoms with Crippen molar-refractivity contribution < 1.29 is 13.2 Å². The van der Waals surface area contributed by atoms with E-state index >= 15 is 0 Å². The van der Waals surface area contributed by atoms with Crippen LogP contribution >= 0.6 is 0 Å². The van der Waals surface area contributed by atoms with Crippen molar-refractivity contribution in [2.24, 2.45) is 28.3 Å². The Hall–Kier alpha value is -0.420. The lowest BCUT2D eigenvalue weighted by molar-refractivity contribution is -0.145. The predicted molar refractivity (Wildman–Crippen MR) is 59.0 cm³/mol. The monoisotopic (exact) mass is 243 g/mol. The van der Waals surface area contributed by atoms with Gasteiger partial charge in [0.2, 0.25) is 10.0 Å². The van der Waals surface area contributed by atoms with Gasteiger partial charge in [0, 0.05) is 11.8 Å². The molecule has 0 aromatic carbocycles. The van der Waals surface area contributed by atoms with Crippen LogP contribution in [0, 0.1) is 23.2 Å². The number of Topliss-reactive ketones (excluding diaryl/α,β-unsaturated/α-hetero) is 1. The maximum Gasteiger partial charge on any atom is 0.209 e. The van der Waals surface area contributed by atoms with Gasteiger partial charge >= 0.3 is 0 Å². The largest absolute Gasteiger partial charge is 0.299 e. The third-order valence-electron chi connectivity index (χ3n) is 4.63. The summed E-state index contributed by atoms with van der Waals surface area (Å²) in [6.45, 7) is 0. The highest BCUT2D eigenvalue weighted by atomic mass is 32.2. The Balaban J connectivity index is 1.91. The Morgan fingerprint density at radius 1 is 1.19 bits per heavy atom. The number of ketones is 1. The molecule has 4 rings (SSSR count). The first-order valence-electron chi connectivity index (χ1n) is 5.91. The molecule has 2 atom stereocenters. The van der Waals surface area contributed by atoms with E-state index in [1.807, 2.05) is 0 Å². The lowest BCUT2D eigenvalue weighted by Gasteiger charge is -2.55. The molecule has 4 aliphatic carbocycles. The molecule has 4 fully saturated rings. The molecular weight excluding hydrogens is 226 g/mol. The lowest BCUT2D eigenvalue weighted by atomic mass is 9.50. The zero-order valence-corrected chi connectivity index (χ0v) is 10.0. The van der Waals surface area contributed by atoms with Crippen molar-refractivity contribution >= 4 is 15.8 Å². The van der Waals surface area contributed by atoms with E-state index in [2.05, 4.69) is 0 Å². The molecule has 0 radical (unpaired) electrons. The first kappa shape index (κ1) is 10.7. The van der Waals surface area contributed by atoms with Gasteiger partial charge in [0.15, 0.2) is 0 Å². The molecule has 0 aliphatic heterocycles. The van der Waals surface area contributed by atoms with Crippen molar-refractivity contribution in [3.63, 3.8) is 0 Å². The summed E-state index contributed by atoms with van der Waals surface area (Å²) in [5.41, 5.74) is -0.169. The number of carbonyl (C=O) groups is 1. The number of primary sulfonamides is 1. The minimum atomic E-state index is -3.42. The van der Waals surface area contributed by atoms with Crippen LogP contribution in [0.25, 0.3) is 0 Å². The summed E-state index contributed by atoms with van der Waals surface area (Å²) in [6, 6.07) is 0. The second-order valence-corrected chi connectivity index (χ2v) is 7.67. The van der Waals surface area contributed by atoms with Crippen molar-refractivity contribution in [2.75, 3.05) is 5.75 Å². The number of carbonyl (C=O) groups excluding carboxylic acids is 1. The van der Waals surface area contributed by atoms with E-state index in [1.165, 1.54) is 0 Å². The molecule has 2 N–H and O–H groups in total. The Morgan fingerprint density at radius 3 is 2.25 bits per heavy atom. The van der Waals surface area contributed by atoms with Crippen LogP contribution in [-0.2, 0) is 14.8 Å². The summed E-state index contributed by atoms with van der Waals surface area (Å²) in [5, 5.41) is 5.18. The molecule has 90 valence electrons.